The molecular formula is C11H10ClF2NO. The monoisotopic (exact) mass is 245 g/mol. The zero-order valence-corrected chi connectivity index (χ0v) is 9.18. The molecule has 0 saturated carbocycles. The van der Waals surface area contributed by atoms with Crippen LogP contribution in [0, 0.1) is 11.6 Å². The van der Waals surface area contributed by atoms with Crippen LogP contribution in [0.15, 0.2) is 18.2 Å². The number of carbonyl (C=O) groups excluding carboxylic acids is 1. The minimum absolute atomic E-state index is 0.0938. The van der Waals surface area contributed by atoms with Crippen molar-refractivity contribution >= 4 is 17.5 Å². The van der Waals surface area contributed by atoms with Crippen LogP contribution >= 0.6 is 11.6 Å². The maximum Gasteiger partial charge on any atom is 0.224 e. The molecule has 1 aromatic carbocycles. The Bertz CT molecular complexity index is 424. The van der Waals surface area contributed by atoms with Crippen molar-refractivity contribution in [2.24, 2.45) is 0 Å². The molecule has 0 N–H and O–H groups in total. The van der Waals surface area contributed by atoms with E-state index >= 15 is 0 Å². The first-order chi connectivity index (χ1) is 7.56. The summed E-state index contributed by atoms with van der Waals surface area (Å²) in [7, 11) is 0. The molecule has 16 heavy (non-hydrogen) atoms. The molecule has 0 aromatic heterocycles. The van der Waals surface area contributed by atoms with Crippen molar-refractivity contribution in [3.63, 3.8) is 0 Å². The lowest BCUT2D eigenvalue weighted by molar-refractivity contribution is -0.128. The Labute approximate surface area is 96.8 Å². The smallest absolute Gasteiger partial charge is 0.224 e. The SMILES string of the molecule is O=C1CC(Cl)CN1Cc1ccc(F)cc1F. The van der Waals surface area contributed by atoms with Crippen LogP contribution in [-0.4, -0.2) is 22.7 Å². The van der Waals surface area contributed by atoms with Crippen molar-refractivity contribution in [2.75, 3.05) is 6.54 Å². The van der Waals surface area contributed by atoms with Gasteiger partial charge in [-0.3, -0.25) is 4.79 Å². The van der Waals surface area contributed by atoms with Crippen LogP contribution in [-0.2, 0) is 11.3 Å². The molecule has 1 atom stereocenters. The van der Waals surface area contributed by atoms with Crippen LogP contribution in [0.25, 0.3) is 0 Å². The normalized spacial score (nSPS) is 20.6. The number of alkyl halides is 1. The number of hydrogen-bond acceptors (Lipinski definition) is 1. The molecule has 5 heteroatoms. The molecule has 1 unspecified atom stereocenters. The third kappa shape index (κ3) is 2.32. The molecule has 2 nitrogen and oxygen atoms in total. The van der Waals surface area contributed by atoms with Gasteiger partial charge in [-0.25, -0.2) is 8.78 Å². The van der Waals surface area contributed by atoms with E-state index in [2.05, 4.69) is 0 Å². The molecule has 1 amide bonds. The van der Waals surface area contributed by atoms with E-state index in [0.29, 0.717) is 12.1 Å². The molecule has 1 aliphatic rings. The highest BCUT2D eigenvalue weighted by Gasteiger charge is 2.28. The van der Waals surface area contributed by atoms with Gasteiger partial charge in [-0.2, -0.15) is 0 Å². The van der Waals surface area contributed by atoms with E-state index in [4.69, 9.17) is 11.6 Å². The van der Waals surface area contributed by atoms with Gasteiger partial charge in [0, 0.05) is 31.1 Å². The summed E-state index contributed by atoms with van der Waals surface area (Å²) in [5, 5.41) is -0.212. The average molecular weight is 246 g/mol. The zero-order valence-electron chi connectivity index (χ0n) is 8.42. The molecule has 1 fully saturated rings. The Kier molecular flexibility index (Phi) is 3.10. The zero-order chi connectivity index (χ0) is 11.7. The van der Waals surface area contributed by atoms with Crippen LogP contribution in [0.3, 0.4) is 0 Å². The predicted molar refractivity (Wildman–Crippen MR) is 56.0 cm³/mol. The minimum atomic E-state index is -0.633. The Morgan fingerprint density at radius 3 is 2.75 bits per heavy atom. The lowest BCUT2D eigenvalue weighted by atomic mass is 10.2. The third-order valence-electron chi connectivity index (χ3n) is 2.54. The Balaban J connectivity index is 2.12. The molecule has 2 rings (SSSR count). The van der Waals surface area contributed by atoms with Gasteiger partial charge >= 0.3 is 0 Å². The molecule has 0 bridgehead atoms. The van der Waals surface area contributed by atoms with Gasteiger partial charge in [-0.05, 0) is 6.07 Å². The van der Waals surface area contributed by atoms with E-state index in [9.17, 15) is 13.6 Å². The Morgan fingerprint density at radius 1 is 1.44 bits per heavy atom. The fourth-order valence-corrected chi connectivity index (χ4v) is 2.03. The van der Waals surface area contributed by atoms with Crippen LogP contribution in [0.5, 0.6) is 0 Å². The first-order valence-corrected chi connectivity index (χ1v) is 5.35. The first kappa shape index (κ1) is 11.3. The van der Waals surface area contributed by atoms with Crippen molar-refractivity contribution in [2.45, 2.75) is 18.3 Å². The lowest BCUT2D eigenvalue weighted by Crippen LogP contribution is -2.25. The molecule has 86 valence electrons. The van der Waals surface area contributed by atoms with Gasteiger partial charge in [0.25, 0.3) is 0 Å². The van der Waals surface area contributed by atoms with Gasteiger partial charge in [0.2, 0.25) is 5.91 Å². The second-order valence-electron chi connectivity index (χ2n) is 3.81. The Morgan fingerprint density at radius 2 is 2.19 bits per heavy atom. The summed E-state index contributed by atoms with van der Waals surface area (Å²) >= 11 is 5.82. The summed E-state index contributed by atoms with van der Waals surface area (Å²) in [6.45, 7) is 0.561. The van der Waals surface area contributed by atoms with Crippen molar-refractivity contribution < 1.29 is 13.6 Å². The summed E-state index contributed by atoms with van der Waals surface area (Å²) < 4.78 is 26.0. The van der Waals surface area contributed by atoms with Crippen molar-refractivity contribution in [3.05, 3.63) is 35.4 Å². The Hall–Kier alpha value is -1.16. The fourth-order valence-electron chi connectivity index (χ4n) is 1.73. The fraction of sp³-hybridized carbons (Fsp3) is 0.364. The summed E-state index contributed by atoms with van der Waals surface area (Å²) in [4.78, 5) is 12.9. The third-order valence-corrected chi connectivity index (χ3v) is 2.84. The van der Waals surface area contributed by atoms with Gasteiger partial charge in [-0.1, -0.05) is 6.07 Å². The summed E-state index contributed by atoms with van der Waals surface area (Å²) in [5.74, 6) is -1.35. The van der Waals surface area contributed by atoms with E-state index in [1.54, 1.807) is 0 Å². The number of nitrogens with zero attached hydrogens (tertiary/aromatic N) is 1. The summed E-state index contributed by atoms with van der Waals surface area (Å²) in [6.07, 6.45) is 0.282. The molecule has 1 heterocycles. The highest BCUT2D eigenvalue weighted by molar-refractivity contribution is 6.22. The van der Waals surface area contributed by atoms with Gasteiger partial charge in [-0.15, -0.1) is 11.6 Å². The standard InChI is InChI=1S/C11H10ClF2NO/c12-8-3-11(16)15(6-8)5-7-1-2-9(13)4-10(7)14/h1-2,4,8H,3,5-6H2. The van der Waals surface area contributed by atoms with Gasteiger partial charge < -0.3 is 4.90 Å². The van der Waals surface area contributed by atoms with E-state index in [0.717, 1.165) is 6.07 Å². The predicted octanol–water partition coefficient (Wildman–Crippen LogP) is 2.30. The van der Waals surface area contributed by atoms with Crippen LogP contribution in [0.4, 0.5) is 8.78 Å². The van der Waals surface area contributed by atoms with Gasteiger partial charge in [0.15, 0.2) is 0 Å². The van der Waals surface area contributed by atoms with Crippen molar-refractivity contribution in [1.29, 1.82) is 0 Å². The molecule has 1 aliphatic heterocycles. The molecule has 0 aliphatic carbocycles. The summed E-state index contributed by atoms with van der Waals surface area (Å²) in [6, 6.07) is 3.34. The van der Waals surface area contributed by atoms with Crippen LogP contribution in [0.1, 0.15) is 12.0 Å². The molecule has 0 spiro atoms. The largest absolute Gasteiger partial charge is 0.337 e. The maximum absolute atomic E-state index is 13.3. The van der Waals surface area contributed by atoms with Crippen molar-refractivity contribution in [1.82, 2.24) is 4.90 Å². The molecular weight excluding hydrogens is 236 g/mol. The first-order valence-electron chi connectivity index (χ1n) is 4.92. The van der Waals surface area contributed by atoms with Crippen LogP contribution in [0.2, 0.25) is 0 Å². The second-order valence-corrected chi connectivity index (χ2v) is 4.43. The van der Waals surface area contributed by atoms with Gasteiger partial charge in [0.05, 0.1) is 5.38 Å². The number of hydrogen-bond donors (Lipinski definition) is 0. The van der Waals surface area contributed by atoms with E-state index in [1.807, 2.05) is 0 Å². The number of carbonyl (C=O) groups is 1. The highest BCUT2D eigenvalue weighted by atomic mass is 35.5. The maximum atomic E-state index is 13.3. The topological polar surface area (TPSA) is 20.3 Å². The number of rotatable bonds is 2. The molecule has 0 radical (unpaired) electrons. The quantitative estimate of drug-likeness (QED) is 0.733. The number of amides is 1. The van der Waals surface area contributed by atoms with E-state index in [1.165, 1.54) is 17.0 Å². The molecule has 1 aromatic rings. The minimum Gasteiger partial charge on any atom is -0.337 e. The van der Waals surface area contributed by atoms with Crippen molar-refractivity contribution in [3.8, 4) is 0 Å². The highest BCUT2D eigenvalue weighted by Crippen LogP contribution is 2.20. The number of likely N-dealkylation sites (tertiary alicyclic amines) is 1. The van der Waals surface area contributed by atoms with Crippen LogP contribution < -0.4 is 0 Å². The van der Waals surface area contributed by atoms with E-state index < -0.39 is 11.6 Å². The lowest BCUT2D eigenvalue weighted by Gasteiger charge is -2.16. The van der Waals surface area contributed by atoms with E-state index in [-0.39, 0.29) is 24.2 Å². The summed E-state index contributed by atoms with van der Waals surface area (Å²) in [5.41, 5.74) is 0.306. The molecule has 1 saturated heterocycles. The number of benzene rings is 1. The number of halogens is 3. The second kappa shape index (κ2) is 4.37. The average Bonchev–Trinajstić information content (AvgIpc) is 2.50. The van der Waals surface area contributed by atoms with Gasteiger partial charge in [0.1, 0.15) is 11.6 Å².